The third-order valence-electron chi connectivity index (χ3n) is 2.61. The molecule has 0 aliphatic rings. The quantitative estimate of drug-likeness (QED) is 0.748. The van der Waals surface area contributed by atoms with Crippen molar-refractivity contribution in [3.63, 3.8) is 0 Å². The van der Waals surface area contributed by atoms with E-state index in [9.17, 15) is 4.21 Å². The van der Waals surface area contributed by atoms with E-state index in [-0.39, 0.29) is 0 Å². The Labute approximate surface area is 121 Å². The Hall–Kier alpha value is -0.780. The molecule has 108 valence electrons. The maximum absolute atomic E-state index is 10.9. The molecule has 1 aromatic carbocycles. The molecule has 4 nitrogen and oxygen atoms in total. The van der Waals surface area contributed by atoms with Crippen LogP contribution in [0.15, 0.2) is 12.1 Å². The first-order valence-corrected chi connectivity index (χ1v) is 8.10. The SMILES string of the molecule is COc1cc(CNCCCS(C)=O)cc(Cl)c1OC. The predicted octanol–water partition coefficient (Wildman–Crippen LogP) is 2.22. The molecule has 0 amide bonds. The molecule has 1 unspecified atom stereocenters. The van der Waals surface area contributed by atoms with Gasteiger partial charge in [-0.25, -0.2) is 0 Å². The van der Waals surface area contributed by atoms with E-state index in [0.717, 1.165) is 24.3 Å². The number of hydrogen-bond acceptors (Lipinski definition) is 4. The number of hydrogen-bond donors (Lipinski definition) is 1. The van der Waals surface area contributed by atoms with E-state index in [1.165, 1.54) is 0 Å². The van der Waals surface area contributed by atoms with Gasteiger partial charge in [-0.1, -0.05) is 11.6 Å². The van der Waals surface area contributed by atoms with Crippen molar-refractivity contribution >= 4 is 22.4 Å². The summed E-state index contributed by atoms with van der Waals surface area (Å²) in [7, 11) is 2.42. The summed E-state index contributed by atoms with van der Waals surface area (Å²) in [6.45, 7) is 1.52. The van der Waals surface area contributed by atoms with E-state index in [4.69, 9.17) is 21.1 Å². The molecule has 0 aliphatic heterocycles. The van der Waals surface area contributed by atoms with Crippen molar-refractivity contribution in [3.8, 4) is 11.5 Å². The second kappa shape index (κ2) is 8.40. The van der Waals surface area contributed by atoms with Crippen LogP contribution in [0.5, 0.6) is 11.5 Å². The zero-order valence-electron chi connectivity index (χ0n) is 11.5. The molecular weight excluding hydrogens is 286 g/mol. The molecule has 6 heteroatoms. The van der Waals surface area contributed by atoms with Crippen LogP contribution in [0.1, 0.15) is 12.0 Å². The number of methoxy groups -OCH3 is 2. The highest BCUT2D eigenvalue weighted by Gasteiger charge is 2.10. The van der Waals surface area contributed by atoms with E-state index in [1.54, 1.807) is 20.5 Å². The molecule has 1 N–H and O–H groups in total. The standard InChI is InChI=1S/C13H20ClNO3S/c1-17-12-8-10(7-11(14)13(12)18-2)9-15-5-4-6-19(3)16/h7-8,15H,4-6,9H2,1-3H3. The van der Waals surface area contributed by atoms with Crippen LogP contribution in [0.3, 0.4) is 0 Å². The lowest BCUT2D eigenvalue weighted by molar-refractivity contribution is 0.354. The molecule has 0 aliphatic carbocycles. The Morgan fingerprint density at radius 3 is 2.63 bits per heavy atom. The van der Waals surface area contributed by atoms with Crippen LogP contribution in [0.2, 0.25) is 5.02 Å². The zero-order valence-corrected chi connectivity index (χ0v) is 13.1. The molecule has 1 rings (SSSR count). The van der Waals surface area contributed by atoms with E-state index in [0.29, 0.717) is 23.1 Å². The number of rotatable bonds is 8. The van der Waals surface area contributed by atoms with Gasteiger partial charge in [0.25, 0.3) is 0 Å². The average Bonchev–Trinajstić information content (AvgIpc) is 2.37. The molecule has 19 heavy (non-hydrogen) atoms. The fourth-order valence-electron chi connectivity index (χ4n) is 1.71. The summed E-state index contributed by atoms with van der Waals surface area (Å²) in [6.07, 6.45) is 2.61. The number of ether oxygens (including phenoxy) is 2. The molecule has 0 fully saturated rings. The van der Waals surface area contributed by atoms with Gasteiger partial charge in [-0.05, 0) is 30.7 Å². The van der Waals surface area contributed by atoms with E-state index < -0.39 is 10.8 Å². The van der Waals surface area contributed by atoms with Crippen molar-refractivity contribution in [3.05, 3.63) is 22.7 Å². The molecule has 0 bridgehead atoms. The Bertz CT molecular complexity index is 440. The maximum atomic E-state index is 10.9. The highest BCUT2D eigenvalue weighted by Crippen LogP contribution is 2.35. The monoisotopic (exact) mass is 305 g/mol. The second-order valence-electron chi connectivity index (χ2n) is 4.12. The van der Waals surface area contributed by atoms with Crippen LogP contribution in [0, 0.1) is 0 Å². The van der Waals surface area contributed by atoms with Crippen LogP contribution in [0.4, 0.5) is 0 Å². The van der Waals surface area contributed by atoms with Gasteiger partial charge in [0.15, 0.2) is 11.5 Å². The molecule has 0 aromatic heterocycles. The highest BCUT2D eigenvalue weighted by atomic mass is 35.5. The molecule has 0 radical (unpaired) electrons. The van der Waals surface area contributed by atoms with Gasteiger partial charge in [-0.15, -0.1) is 0 Å². The minimum Gasteiger partial charge on any atom is -0.493 e. The van der Waals surface area contributed by atoms with E-state index in [2.05, 4.69) is 5.32 Å². The van der Waals surface area contributed by atoms with Gasteiger partial charge in [0.1, 0.15) is 0 Å². The Balaban J connectivity index is 2.55. The topological polar surface area (TPSA) is 47.6 Å². The fraction of sp³-hybridized carbons (Fsp3) is 0.538. The first kappa shape index (κ1) is 16.3. The van der Waals surface area contributed by atoms with Crippen molar-refractivity contribution in [2.24, 2.45) is 0 Å². The molecule has 0 saturated carbocycles. The Kier molecular flexibility index (Phi) is 7.20. The van der Waals surface area contributed by atoms with Crippen molar-refractivity contribution < 1.29 is 13.7 Å². The van der Waals surface area contributed by atoms with Gasteiger partial charge in [0, 0.05) is 29.4 Å². The van der Waals surface area contributed by atoms with Crippen molar-refractivity contribution in [1.82, 2.24) is 5.32 Å². The lowest BCUT2D eigenvalue weighted by Crippen LogP contribution is -2.16. The van der Waals surface area contributed by atoms with Crippen molar-refractivity contribution in [1.29, 1.82) is 0 Å². The summed E-state index contributed by atoms with van der Waals surface area (Å²) in [5.41, 5.74) is 1.03. The van der Waals surface area contributed by atoms with Crippen molar-refractivity contribution in [2.75, 3.05) is 32.8 Å². The van der Waals surface area contributed by atoms with Gasteiger partial charge in [-0.2, -0.15) is 0 Å². The summed E-state index contributed by atoms with van der Waals surface area (Å²) in [5, 5.41) is 3.82. The number of halogens is 1. The van der Waals surface area contributed by atoms with Crippen LogP contribution in [-0.4, -0.2) is 37.0 Å². The summed E-state index contributed by atoms with van der Waals surface area (Å²) in [4.78, 5) is 0. The third kappa shape index (κ3) is 5.38. The third-order valence-corrected chi connectivity index (χ3v) is 3.75. The minimum absolute atomic E-state index is 0.535. The summed E-state index contributed by atoms with van der Waals surface area (Å²) >= 11 is 6.12. The summed E-state index contributed by atoms with van der Waals surface area (Å²) < 4.78 is 21.3. The van der Waals surface area contributed by atoms with Crippen LogP contribution in [0.25, 0.3) is 0 Å². The Morgan fingerprint density at radius 2 is 2.05 bits per heavy atom. The fourth-order valence-corrected chi connectivity index (χ4v) is 2.57. The van der Waals surface area contributed by atoms with Gasteiger partial charge < -0.3 is 14.8 Å². The van der Waals surface area contributed by atoms with Crippen LogP contribution in [-0.2, 0) is 17.3 Å². The van der Waals surface area contributed by atoms with Crippen LogP contribution < -0.4 is 14.8 Å². The first-order chi connectivity index (χ1) is 9.08. The van der Waals surface area contributed by atoms with Gasteiger partial charge in [-0.3, -0.25) is 4.21 Å². The van der Waals surface area contributed by atoms with Crippen LogP contribution >= 0.6 is 11.6 Å². The van der Waals surface area contributed by atoms with Gasteiger partial charge in [0.05, 0.1) is 19.2 Å². The largest absolute Gasteiger partial charge is 0.493 e. The maximum Gasteiger partial charge on any atom is 0.179 e. The van der Waals surface area contributed by atoms with Gasteiger partial charge >= 0.3 is 0 Å². The molecule has 0 saturated heterocycles. The van der Waals surface area contributed by atoms with E-state index >= 15 is 0 Å². The molecule has 1 atom stereocenters. The molecule has 0 heterocycles. The minimum atomic E-state index is -0.724. The zero-order chi connectivity index (χ0) is 14.3. The smallest absolute Gasteiger partial charge is 0.179 e. The average molecular weight is 306 g/mol. The Morgan fingerprint density at radius 1 is 1.32 bits per heavy atom. The summed E-state index contributed by atoms with van der Waals surface area (Å²) in [6, 6.07) is 3.75. The molecule has 0 spiro atoms. The molecule has 1 aromatic rings. The lowest BCUT2D eigenvalue weighted by atomic mass is 10.2. The normalized spacial score (nSPS) is 12.2. The first-order valence-electron chi connectivity index (χ1n) is 5.99. The van der Waals surface area contributed by atoms with Crippen molar-refractivity contribution in [2.45, 2.75) is 13.0 Å². The highest BCUT2D eigenvalue weighted by molar-refractivity contribution is 7.84. The lowest BCUT2D eigenvalue weighted by Gasteiger charge is -2.12. The predicted molar refractivity (Wildman–Crippen MR) is 79.8 cm³/mol. The van der Waals surface area contributed by atoms with E-state index in [1.807, 2.05) is 12.1 Å². The second-order valence-corrected chi connectivity index (χ2v) is 6.08. The summed E-state index contributed by atoms with van der Waals surface area (Å²) in [5.74, 6) is 1.90. The number of benzene rings is 1. The van der Waals surface area contributed by atoms with Gasteiger partial charge in [0.2, 0.25) is 0 Å². The molecular formula is C13H20ClNO3S. The number of nitrogens with one attached hydrogen (secondary N) is 1.